The van der Waals surface area contributed by atoms with Gasteiger partial charge in [-0.05, 0) is 44.4 Å². The Morgan fingerprint density at radius 1 is 1.17 bits per heavy atom. The van der Waals surface area contributed by atoms with Crippen LogP contribution in [-0.2, 0) is 4.74 Å². The maximum absolute atomic E-state index is 9.45. The molecule has 1 rings (SSSR count). The van der Waals surface area contributed by atoms with Gasteiger partial charge in [-0.15, -0.1) is 0 Å². The molecule has 0 aromatic carbocycles. The Balaban J connectivity index is 2.26. The first kappa shape index (κ1) is 15.5. The summed E-state index contributed by atoms with van der Waals surface area (Å²) in [4.78, 5) is 0. The summed E-state index contributed by atoms with van der Waals surface area (Å²) in [6.45, 7) is 6.06. The number of hydrogen-bond donors (Lipinski definition) is 0. The molecule has 0 aromatic rings. The molecule has 104 valence electrons. The molecule has 0 heterocycles. The molecule has 0 aromatic heterocycles. The lowest BCUT2D eigenvalue weighted by molar-refractivity contribution is 0.0866. The maximum atomic E-state index is 9.45. The Bertz CT molecular complexity index is 248. The molecule has 0 amide bonds. The van der Waals surface area contributed by atoms with Gasteiger partial charge in [0.1, 0.15) is 0 Å². The monoisotopic (exact) mass is 251 g/mol. The standard InChI is InChI=1S/C16H29NO/c1-3-5-12-18-13-11-16(14-17)9-7-15(6-4-2)8-10-16/h15H,3-13H2,1-2H3. The van der Waals surface area contributed by atoms with Gasteiger partial charge < -0.3 is 4.74 Å². The van der Waals surface area contributed by atoms with Gasteiger partial charge >= 0.3 is 0 Å². The van der Waals surface area contributed by atoms with E-state index in [9.17, 15) is 5.26 Å². The Hall–Kier alpha value is -0.550. The van der Waals surface area contributed by atoms with Crippen molar-refractivity contribution < 1.29 is 4.74 Å². The van der Waals surface area contributed by atoms with Gasteiger partial charge in [0.05, 0.1) is 11.5 Å². The van der Waals surface area contributed by atoms with Crippen molar-refractivity contribution in [2.24, 2.45) is 11.3 Å². The second-order valence-electron chi connectivity index (χ2n) is 5.84. The van der Waals surface area contributed by atoms with Crippen LogP contribution in [0.15, 0.2) is 0 Å². The summed E-state index contributed by atoms with van der Waals surface area (Å²) in [5.41, 5.74) is -0.0730. The normalized spacial score (nSPS) is 27.9. The zero-order valence-electron chi connectivity index (χ0n) is 12.2. The van der Waals surface area contributed by atoms with E-state index in [4.69, 9.17) is 4.74 Å². The second-order valence-corrected chi connectivity index (χ2v) is 5.84. The van der Waals surface area contributed by atoms with E-state index >= 15 is 0 Å². The molecule has 1 fully saturated rings. The third-order valence-electron chi connectivity index (χ3n) is 4.36. The van der Waals surface area contributed by atoms with Crippen LogP contribution in [-0.4, -0.2) is 13.2 Å². The molecule has 2 heteroatoms. The minimum atomic E-state index is -0.0730. The zero-order valence-corrected chi connectivity index (χ0v) is 12.2. The molecule has 1 aliphatic carbocycles. The summed E-state index contributed by atoms with van der Waals surface area (Å²) >= 11 is 0. The number of rotatable bonds is 8. The van der Waals surface area contributed by atoms with E-state index < -0.39 is 0 Å². The average molecular weight is 251 g/mol. The largest absolute Gasteiger partial charge is 0.381 e. The molecule has 0 aliphatic heterocycles. The summed E-state index contributed by atoms with van der Waals surface area (Å²) in [7, 11) is 0. The topological polar surface area (TPSA) is 33.0 Å². The molecule has 0 unspecified atom stereocenters. The van der Waals surface area contributed by atoms with Crippen molar-refractivity contribution in [2.45, 2.75) is 71.6 Å². The number of nitriles is 1. The molecule has 1 aliphatic rings. The van der Waals surface area contributed by atoms with Crippen LogP contribution >= 0.6 is 0 Å². The van der Waals surface area contributed by atoms with Crippen LogP contribution in [0, 0.1) is 22.7 Å². The highest BCUT2D eigenvalue weighted by Gasteiger charge is 2.34. The third-order valence-corrected chi connectivity index (χ3v) is 4.36. The fraction of sp³-hybridized carbons (Fsp3) is 0.938. The highest BCUT2D eigenvalue weighted by Crippen LogP contribution is 2.42. The minimum absolute atomic E-state index is 0.0730. The van der Waals surface area contributed by atoms with Gasteiger partial charge in [0.2, 0.25) is 0 Å². The molecule has 0 bridgehead atoms. The summed E-state index contributed by atoms with van der Waals surface area (Å²) in [5, 5.41) is 9.45. The number of nitrogens with zero attached hydrogens (tertiary/aromatic N) is 1. The Morgan fingerprint density at radius 2 is 1.89 bits per heavy atom. The van der Waals surface area contributed by atoms with Crippen LogP contribution < -0.4 is 0 Å². The van der Waals surface area contributed by atoms with Crippen LogP contribution in [0.2, 0.25) is 0 Å². The van der Waals surface area contributed by atoms with E-state index in [1.54, 1.807) is 0 Å². The SMILES string of the molecule is CCCCOCCC1(C#N)CCC(CCC)CC1. The van der Waals surface area contributed by atoms with Crippen molar-refractivity contribution >= 4 is 0 Å². The van der Waals surface area contributed by atoms with E-state index in [-0.39, 0.29) is 5.41 Å². The molecule has 1 saturated carbocycles. The van der Waals surface area contributed by atoms with Crippen molar-refractivity contribution in [2.75, 3.05) is 13.2 Å². The van der Waals surface area contributed by atoms with Gasteiger partial charge in [-0.1, -0.05) is 33.1 Å². The lowest BCUT2D eigenvalue weighted by Crippen LogP contribution is -2.27. The third kappa shape index (κ3) is 4.98. The Labute approximate surface area is 113 Å². The Morgan fingerprint density at radius 3 is 2.44 bits per heavy atom. The highest BCUT2D eigenvalue weighted by molar-refractivity contribution is 5.01. The lowest BCUT2D eigenvalue weighted by Gasteiger charge is -2.34. The number of hydrogen-bond acceptors (Lipinski definition) is 2. The first-order valence-electron chi connectivity index (χ1n) is 7.75. The fourth-order valence-corrected chi connectivity index (χ4v) is 2.96. The summed E-state index contributed by atoms with van der Waals surface area (Å²) in [5.74, 6) is 0.873. The van der Waals surface area contributed by atoms with Gasteiger partial charge in [0.15, 0.2) is 0 Å². The zero-order chi connectivity index (χ0) is 13.3. The number of unbranched alkanes of at least 4 members (excludes halogenated alkanes) is 1. The fourth-order valence-electron chi connectivity index (χ4n) is 2.96. The first-order chi connectivity index (χ1) is 8.76. The molecule has 0 N–H and O–H groups in total. The predicted molar refractivity (Wildman–Crippen MR) is 75.3 cm³/mol. The maximum Gasteiger partial charge on any atom is 0.0690 e. The molecular weight excluding hydrogens is 222 g/mol. The minimum Gasteiger partial charge on any atom is -0.381 e. The highest BCUT2D eigenvalue weighted by atomic mass is 16.5. The van der Waals surface area contributed by atoms with Crippen LogP contribution in [0.1, 0.15) is 71.6 Å². The van der Waals surface area contributed by atoms with E-state index in [0.717, 1.165) is 44.8 Å². The van der Waals surface area contributed by atoms with Crippen molar-refractivity contribution in [1.29, 1.82) is 5.26 Å². The van der Waals surface area contributed by atoms with Gasteiger partial charge in [-0.3, -0.25) is 0 Å². The van der Waals surface area contributed by atoms with Crippen LogP contribution in [0.3, 0.4) is 0 Å². The molecule has 0 radical (unpaired) electrons. The van der Waals surface area contributed by atoms with Gasteiger partial charge in [0, 0.05) is 13.2 Å². The van der Waals surface area contributed by atoms with Crippen LogP contribution in [0.25, 0.3) is 0 Å². The van der Waals surface area contributed by atoms with Crippen LogP contribution in [0.5, 0.6) is 0 Å². The smallest absolute Gasteiger partial charge is 0.0690 e. The molecule has 2 nitrogen and oxygen atoms in total. The number of ether oxygens (including phenoxy) is 1. The van der Waals surface area contributed by atoms with Gasteiger partial charge in [0.25, 0.3) is 0 Å². The summed E-state index contributed by atoms with van der Waals surface area (Å²) in [6, 6.07) is 2.59. The molecule has 0 saturated heterocycles. The van der Waals surface area contributed by atoms with Crippen molar-refractivity contribution in [3.8, 4) is 6.07 Å². The average Bonchev–Trinajstić information content (AvgIpc) is 2.41. The van der Waals surface area contributed by atoms with E-state index in [1.165, 1.54) is 32.1 Å². The van der Waals surface area contributed by atoms with Gasteiger partial charge in [-0.2, -0.15) is 5.26 Å². The summed E-state index contributed by atoms with van der Waals surface area (Å²) < 4.78 is 5.63. The quantitative estimate of drug-likeness (QED) is 0.586. The van der Waals surface area contributed by atoms with E-state index in [1.807, 2.05) is 0 Å². The second kappa shape index (κ2) is 8.53. The molecule has 18 heavy (non-hydrogen) atoms. The van der Waals surface area contributed by atoms with Crippen molar-refractivity contribution in [3.63, 3.8) is 0 Å². The van der Waals surface area contributed by atoms with E-state index in [0.29, 0.717) is 0 Å². The van der Waals surface area contributed by atoms with Crippen LogP contribution in [0.4, 0.5) is 0 Å². The predicted octanol–water partition coefficient (Wildman–Crippen LogP) is 4.69. The lowest BCUT2D eigenvalue weighted by atomic mass is 9.69. The molecular formula is C16H29NO. The molecule has 0 atom stereocenters. The van der Waals surface area contributed by atoms with E-state index in [2.05, 4.69) is 19.9 Å². The van der Waals surface area contributed by atoms with Crippen molar-refractivity contribution in [3.05, 3.63) is 0 Å². The Kier molecular flexibility index (Phi) is 7.35. The van der Waals surface area contributed by atoms with Crippen molar-refractivity contribution in [1.82, 2.24) is 0 Å². The summed E-state index contributed by atoms with van der Waals surface area (Å²) in [6.07, 6.45) is 10.6. The first-order valence-corrected chi connectivity index (χ1v) is 7.75. The molecule has 0 spiro atoms. The van der Waals surface area contributed by atoms with Gasteiger partial charge in [-0.25, -0.2) is 0 Å².